The van der Waals surface area contributed by atoms with Crippen LogP contribution >= 0.6 is 0 Å². The van der Waals surface area contributed by atoms with E-state index in [1.807, 2.05) is 0 Å². The number of anilines is 1. The van der Waals surface area contributed by atoms with Gasteiger partial charge in [0.2, 0.25) is 0 Å². The number of carboxylic acid groups (broad SMARTS) is 1. The molecule has 9 heteroatoms. The van der Waals surface area contributed by atoms with E-state index in [4.69, 9.17) is 5.11 Å². The van der Waals surface area contributed by atoms with Gasteiger partial charge in [0, 0.05) is 6.07 Å². The fraction of sp³-hybridized carbons (Fsp3) is 0.200. The molecule has 0 bridgehead atoms. The molecular formula is C10H7F4NO4. The zero-order valence-electron chi connectivity index (χ0n) is 9.34. The zero-order valence-corrected chi connectivity index (χ0v) is 9.34. The maximum absolute atomic E-state index is 13.2. The van der Waals surface area contributed by atoms with E-state index in [1.54, 1.807) is 0 Å². The average molecular weight is 281 g/mol. The fourth-order valence-corrected chi connectivity index (χ4v) is 1.18. The van der Waals surface area contributed by atoms with E-state index in [1.165, 1.54) is 5.32 Å². The molecule has 2 N–H and O–H groups in total. The number of rotatable bonds is 3. The highest BCUT2D eigenvalue weighted by molar-refractivity contribution is 6.02. The minimum Gasteiger partial charge on any atom is -0.494 e. The summed E-state index contributed by atoms with van der Waals surface area (Å²) in [7, 11) is 1.04. The number of carboxylic acids is 1. The Bertz CT molecular complexity index is 527. The zero-order chi connectivity index (χ0) is 14.8. The van der Waals surface area contributed by atoms with E-state index in [2.05, 4.69) is 4.74 Å². The van der Waals surface area contributed by atoms with Crippen molar-refractivity contribution >= 4 is 17.6 Å². The Morgan fingerprint density at radius 2 is 1.89 bits per heavy atom. The first-order chi connectivity index (χ1) is 8.66. The number of alkyl halides is 3. The van der Waals surface area contributed by atoms with Crippen LogP contribution in [-0.2, 0) is 4.79 Å². The highest BCUT2D eigenvalue weighted by Gasteiger charge is 2.39. The van der Waals surface area contributed by atoms with Crippen molar-refractivity contribution < 1.29 is 37.0 Å². The molecule has 0 saturated heterocycles. The van der Waals surface area contributed by atoms with Crippen LogP contribution in [0.5, 0.6) is 5.75 Å². The summed E-state index contributed by atoms with van der Waals surface area (Å²) < 4.78 is 53.9. The van der Waals surface area contributed by atoms with Crippen LogP contribution in [0.25, 0.3) is 0 Å². The number of hydrogen-bond donors (Lipinski definition) is 2. The largest absolute Gasteiger partial charge is 0.494 e. The van der Waals surface area contributed by atoms with Gasteiger partial charge >= 0.3 is 18.1 Å². The third-order valence-electron chi connectivity index (χ3n) is 2.03. The smallest absolute Gasteiger partial charge is 0.471 e. The highest BCUT2D eigenvalue weighted by atomic mass is 19.4. The molecular weight excluding hydrogens is 274 g/mol. The second-order valence-electron chi connectivity index (χ2n) is 3.29. The van der Waals surface area contributed by atoms with Crippen LogP contribution < -0.4 is 10.1 Å². The summed E-state index contributed by atoms with van der Waals surface area (Å²) in [5, 5.41) is 10.1. The predicted molar refractivity (Wildman–Crippen MR) is 54.6 cm³/mol. The number of aromatic carboxylic acids is 1. The molecule has 1 rings (SSSR count). The average Bonchev–Trinajstić information content (AvgIpc) is 2.29. The van der Waals surface area contributed by atoms with Crippen molar-refractivity contribution in [3.8, 4) is 5.75 Å². The van der Waals surface area contributed by atoms with Gasteiger partial charge in [-0.05, 0) is 6.07 Å². The Labute approximate surface area is 103 Å². The van der Waals surface area contributed by atoms with Gasteiger partial charge in [0.05, 0.1) is 18.4 Å². The lowest BCUT2D eigenvalue weighted by atomic mass is 10.1. The molecule has 5 nitrogen and oxygen atoms in total. The summed E-state index contributed by atoms with van der Waals surface area (Å²) in [6, 6.07) is 1.11. The molecule has 0 saturated carbocycles. The highest BCUT2D eigenvalue weighted by Crippen LogP contribution is 2.28. The van der Waals surface area contributed by atoms with Gasteiger partial charge in [-0.25, -0.2) is 9.18 Å². The molecule has 1 aromatic rings. The van der Waals surface area contributed by atoms with E-state index in [-0.39, 0.29) is 0 Å². The second-order valence-corrected chi connectivity index (χ2v) is 3.29. The van der Waals surface area contributed by atoms with Crippen LogP contribution in [-0.4, -0.2) is 30.3 Å². The third-order valence-corrected chi connectivity index (χ3v) is 2.03. The Balaban J connectivity index is 3.25. The minimum absolute atomic E-state index is 0.452. The third kappa shape index (κ3) is 3.33. The molecule has 104 valence electrons. The normalized spacial score (nSPS) is 11.0. The molecule has 0 aliphatic rings. The lowest BCUT2D eigenvalue weighted by Gasteiger charge is -2.12. The quantitative estimate of drug-likeness (QED) is 0.831. The topological polar surface area (TPSA) is 75.6 Å². The summed E-state index contributed by atoms with van der Waals surface area (Å²) in [6.45, 7) is 0. The number of benzene rings is 1. The molecule has 0 aliphatic heterocycles. The number of hydrogen-bond acceptors (Lipinski definition) is 3. The van der Waals surface area contributed by atoms with Crippen LogP contribution in [0.3, 0.4) is 0 Å². The van der Waals surface area contributed by atoms with Crippen molar-refractivity contribution in [1.29, 1.82) is 0 Å². The summed E-state index contributed by atoms with van der Waals surface area (Å²) in [5.74, 6) is -5.64. The van der Waals surface area contributed by atoms with Crippen molar-refractivity contribution in [1.82, 2.24) is 0 Å². The molecule has 0 atom stereocenters. The Morgan fingerprint density at radius 3 is 2.32 bits per heavy atom. The number of carbonyl (C=O) groups excluding carboxylic acids is 1. The van der Waals surface area contributed by atoms with E-state index in [0.29, 0.717) is 12.1 Å². The van der Waals surface area contributed by atoms with Crippen molar-refractivity contribution in [2.24, 2.45) is 0 Å². The number of nitrogens with one attached hydrogen (secondary N) is 1. The number of carbonyl (C=O) groups is 2. The van der Waals surface area contributed by atoms with Gasteiger partial charge in [0.25, 0.3) is 0 Å². The Kier molecular flexibility index (Phi) is 3.98. The van der Waals surface area contributed by atoms with Gasteiger partial charge in [0.15, 0.2) is 11.6 Å². The standard InChI is InChI=1S/C10H7F4NO4/c1-19-7-3-6(15-9(18)10(12,13)14)4(8(16)17)2-5(7)11/h2-3H,1H3,(H,15,18)(H,16,17). The maximum Gasteiger partial charge on any atom is 0.471 e. The molecule has 0 heterocycles. The first kappa shape index (κ1) is 14.7. The summed E-state index contributed by atoms with van der Waals surface area (Å²) in [6.07, 6.45) is -5.20. The van der Waals surface area contributed by atoms with Gasteiger partial charge in [-0.15, -0.1) is 0 Å². The molecule has 0 fully saturated rings. The molecule has 0 aliphatic carbocycles. The van der Waals surface area contributed by atoms with Crippen LogP contribution in [0, 0.1) is 5.82 Å². The van der Waals surface area contributed by atoms with Crippen LogP contribution in [0.1, 0.15) is 10.4 Å². The Hall–Kier alpha value is -2.32. The number of amides is 1. The van der Waals surface area contributed by atoms with Gasteiger partial charge in [-0.1, -0.05) is 0 Å². The second kappa shape index (κ2) is 5.12. The van der Waals surface area contributed by atoms with Crippen LogP contribution in [0.4, 0.5) is 23.2 Å². The molecule has 1 aromatic carbocycles. The molecule has 0 unspecified atom stereocenters. The van der Waals surface area contributed by atoms with Crippen molar-refractivity contribution in [2.75, 3.05) is 12.4 Å². The monoisotopic (exact) mass is 281 g/mol. The molecule has 0 spiro atoms. The van der Waals surface area contributed by atoms with Gasteiger partial charge < -0.3 is 15.2 Å². The maximum atomic E-state index is 13.2. The van der Waals surface area contributed by atoms with E-state index in [0.717, 1.165) is 7.11 Å². The van der Waals surface area contributed by atoms with Crippen molar-refractivity contribution in [2.45, 2.75) is 6.18 Å². The summed E-state index contributed by atoms with van der Waals surface area (Å²) in [5.41, 5.74) is -1.54. The lowest BCUT2D eigenvalue weighted by molar-refractivity contribution is -0.167. The summed E-state index contributed by atoms with van der Waals surface area (Å²) >= 11 is 0. The van der Waals surface area contributed by atoms with Gasteiger partial charge in [0.1, 0.15) is 0 Å². The van der Waals surface area contributed by atoms with Gasteiger partial charge in [-0.3, -0.25) is 4.79 Å². The lowest BCUT2D eigenvalue weighted by Crippen LogP contribution is -2.30. The van der Waals surface area contributed by atoms with Crippen molar-refractivity contribution in [3.05, 3.63) is 23.5 Å². The molecule has 0 aromatic heterocycles. The molecule has 19 heavy (non-hydrogen) atoms. The number of halogens is 4. The summed E-state index contributed by atoms with van der Waals surface area (Å²) in [4.78, 5) is 21.5. The van der Waals surface area contributed by atoms with Crippen LogP contribution in [0.15, 0.2) is 12.1 Å². The first-order valence-corrected chi connectivity index (χ1v) is 4.65. The van der Waals surface area contributed by atoms with E-state index in [9.17, 15) is 27.2 Å². The number of methoxy groups -OCH3 is 1. The predicted octanol–water partition coefficient (Wildman–Crippen LogP) is 2.03. The van der Waals surface area contributed by atoms with E-state index >= 15 is 0 Å². The SMILES string of the molecule is COc1cc(NC(=O)C(F)(F)F)c(C(=O)O)cc1F. The first-order valence-electron chi connectivity index (χ1n) is 4.65. The fourth-order valence-electron chi connectivity index (χ4n) is 1.18. The van der Waals surface area contributed by atoms with Crippen LogP contribution in [0.2, 0.25) is 0 Å². The van der Waals surface area contributed by atoms with Gasteiger partial charge in [-0.2, -0.15) is 13.2 Å². The minimum atomic E-state index is -5.20. The number of ether oxygens (including phenoxy) is 1. The van der Waals surface area contributed by atoms with Crippen molar-refractivity contribution in [3.63, 3.8) is 0 Å². The van der Waals surface area contributed by atoms with E-state index < -0.39 is 40.9 Å². The molecule has 0 radical (unpaired) electrons. The Morgan fingerprint density at radius 1 is 1.32 bits per heavy atom. The molecule has 1 amide bonds.